The van der Waals surface area contributed by atoms with Crippen LogP contribution >= 0.6 is 0 Å². The Balaban J connectivity index is 3.12. The number of halogens is 1. The van der Waals surface area contributed by atoms with Crippen molar-refractivity contribution in [1.29, 1.82) is 0 Å². The summed E-state index contributed by atoms with van der Waals surface area (Å²) in [6.07, 6.45) is 2.22. The summed E-state index contributed by atoms with van der Waals surface area (Å²) in [6, 6.07) is 1.40. The molecule has 0 aliphatic heterocycles. The summed E-state index contributed by atoms with van der Waals surface area (Å²) in [7, 11) is 3.25. The lowest BCUT2D eigenvalue weighted by molar-refractivity contribution is 0.0615. The molecule has 100 valence electrons. The van der Waals surface area contributed by atoms with Crippen LogP contribution in [0.4, 0.5) is 10.2 Å². The Hall–Kier alpha value is -1.65. The molecule has 1 amide bonds. The minimum Gasteiger partial charge on any atom is -0.371 e. The third-order valence-corrected chi connectivity index (χ3v) is 3.43. The SMILES string of the molecule is CCC(C)(C)N(C)C(=O)c1ccnc(NC)c1F. The van der Waals surface area contributed by atoms with Gasteiger partial charge in [-0.25, -0.2) is 9.37 Å². The number of amides is 1. The van der Waals surface area contributed by atoms with Crippen molar-refractivity contribution in [2.45, 2.75) is 32.7 Å². The van der Waals surface area contributed by atoms with Gasteiger partial charge < -0.3 is 10.2 Å². The van der Waals surface area contributed by atoms with Gasteiger partial charge in [0.1, 0.15) is 0 Å². The van der Waals surface area contributed by atoms with E-state index in [0.29, 0.717) is 0 Å². The average Bonchev–Trinajstić information content (AvgIpc) is 2.37. The summed E-state index contributed by atoms with van der Waals surface area (Å²) in [5.74, 6) is -0.856. The molecule has 0 saturated heterocycles. The lowest BCUT2D eigenvalue weighted by Gasteiger charge is -2.35. The first kappa shape index (κ1) is 14.4. The second-order valence-corrected chi connectivity index (χ2v) is 4.80. The smallest absolute Gasteiger partial charge is 0.257 e. The Morgan fingerprint density at radius 1 is 1.56 bits per heavy atom. The zero-order chi connectivity index (χ0) is 13.9. The Bertz CT molecular complexity index is 446. The standard InChI is InChI=1S/C13H20FN3O/c1-6-13(2,3)17(5)12(18)9-7-8-16-11(15-4)10(9)14/h7-8H,6H2,1-5H3,(H,15,16). The molecule has 1 rings (SSSR count). The van der Waals surface area contributed by atoms with E-state index in [9.17, 15) is 9.18 Å². The van der Waals surface area contributed by atoms with Crippen LogP contribution in [0, 0.1) is 5.82 Å². The molecule has 5 heteroatoms. The highest BCUT2D eigenvalue weighted by atomic mass is 19.1. The van der Waals surface area contributed by atoms with Gasteiger partial charge in [-0.15, -0.1) is 0 Å². The van der Waals surface area contributed by atoms with Gasteiger partial charge in [0.25, 0.3) is 5.91 Å². The number of nitrogens with zero attached hydrogens (tertiary/aromatic N) is 2. The van der Waals surface area contributed by atoms with Gasteiger partial charge >= 0.3 is 0 Å². The molecule has 0 aliphatic rings. The highest BCUT2D eigenvalue weighted by Crippen LogP contribution is 2.22. The predicted molar refractivity (Wildman–Crippen MR) is 70.2 cm³/mol. The Kier molecular flexibility index (Phi) is 4.27. The van der Waals surface area contributed by atoms with E-state index in [4.69, 9.17) is 0 Å². The van der Waals surface area contributed by atoms with Crippen LogP contribution < -0.4 is 5.32 Å². The normalized spacial score (nSPS) is 11.2. The highest BCUT2D eigenvalue weighted by Gasteiger charge is 2.28. The Morgan fingerprint density at radius 3 is 2.67 bits per heavy atom. The molecule has 0 aliphatic carbocycles. The first-order chi connectivity index (χ1) is 8.35. The van der Waals surface area contributed by atoms with Crippen LogP contribution in [0.25, 0.3) is 0 Å². The number of nitrogens with one attached hydrogen (secondary N) is 1. The first-order valence-corrected chi connectivity index (χ1v) is 5.95. The molecule has 0 aromatic carbocycles. The maximum absolute atomic E-state index is 14.0. The van der Waals surface area contributed by atoms with Gasteiger partial charge in [0.05, 0.1) is 5.56 Å². The largest absolute Gasteiger partial charge is 0.371 e. The van der Waals surface area contributed by atoms with E-state index in [-0.39, 0.29) is 22.8 Å². The van der Waals surface area contributed by atoms with E-state index >= 15 is 0 Å². The zero-order valence-electron chi connectivity index (χ0n) is 11.5. The van der Waals surface area contributed by atoms with E-state index in [1.54, 1.807) is 19.0 Å². The molecule has 1 aromatic heterocycles. The summed E-state index contributed by atoms with van der Waals surface area (Å²) in [6.45, 7) is 5.89. The van der Waals surface area contributed by atoms with E-state index in [0.717, 1.165) is 6.42 Å². The van der Waals surface area contributed by atoms with Crippen molar-refractivity contribution < 1.29 is 9.18 Å². The maximum Gasteiger partial charge on any atom is 0.257 e. The molecule has 4 nitrogen and oxygen atoms in total. The van der Waals surface area contributed by atoms with Crippen LogP contribution in [-0.4, -0.2) is 35.4 Å². The number of carbonyl (C=O) groups excluding carboxylic acids is 1. The van der Waals surface area contributed by atoms with Crippen molar-refractivity contribution in [2.75, 3.05) is 19.4 Å². The molecular weight excluding hydrogens is 233 g/mol. The van der Waals surface area contributed by atoms with Crippen LogP contribution in [0.5, 0.6) is 0 Å². The maximum atomic E-state index is 14.0. The van der Waals surface area contributed by atoms with Gasteiger partial charge in [0.15, 0.2) is 11.6 Å². The highest BCUT2D eigenvalue weighted by molar-refractivity contribution is 5.95. The molecule has 1 N–H and O–H groups in total. The molecule has 1 heterocycles. The van der Waals surface area contributed by atoms with Crippen molar-refractivity contribution in [3.63, 3.8) is 0 Å². The molecule has 0 atom stereocenters. The fraction of sp³-hybridized carbons (Fsp3) is 0.538. The summed E-state index contributed by atoms with van der Waals surface area (Å²) in [5, 5.41) is 2.63. The van der Waals surface area contributed by atoms with Crippen LogP contribution in [0.3, 0.4) is 0 Å². The fourth-order valence-electron chi connectivity index (χ4n) is 1.48. The van der Waals surface area contributed by atoms with Crippen molar-refractivity contribution in [2.24, 2.45) is 0 Å². The fourth-order valence-corrected chi connectivity index (χ4v) is 1.48. The molecule has 0 radical (unpaired) electrons. The quantitative estimate of drug-likeness (QED) is 0.896. The van der Waals surface area contributed by atoms with Crippen molar-refractivity contribution in [3.05, 3.63) is 23.6 Å². The van der Waals surface area contributed by atoms with E-state index in [2.05, 4.69) is 10.3 Å². The summed E-state index contributed by atoms with van der Waals surface area (Å²) < 4.78 is 14.0. The monoisotopic (exact) mass is 253 g/mol. The number of aromatic nitrogens is 1. The number of pyridine rings is 1. The average molecular weight is 253 g/mol. The van der Waals surface area contributed by atoms with E-state index in [1.165, 1.54) is 12.3 Å². The summed E-state index contributed by atoms with van der Waals surface area (Å²) >= 11 is 0. The van der Waals surface area contributed by atoms with Crippen molar-refractivity contribution in [1.82, 2.24) is 9.88 Å². The molecule has 0 saturated carbocycles. The molecule has 0 bridgehead atoms. The van der Waals surface area contributed by atoms with Crippen LogP contribution in [0.2, 0.25) is 0 Å². The summed E-state index contributed by atoms with van der Waals surface area (Å²) in [4.78, 5) is 17.7. The minimum atomic E-state index is -0.608. The van der Waals surface area contributed by atoms with Crippen LogP contribution in [0.1, 0.15) is 37.6 Å². The van der Waals surface area contributed by atoms with Crippen LogP contribution in [0.15, 0.2) is 12.3 Å². The van der Waals surface area contributed by atoms with Gasteiger partial charge in [-0.3, -0.25) is 4.79 Å². The second-order valence-electron chi connectivity index (χ2n) is 4.80. The number of hydrogen-bond donors (Lipinski definition) is 1. The lowest BCUT2D eigenvalue weighted by Crippen LogP contribution is -2.44. The van der Waals surface area contributed by atoms with Crippen LogP contribution in [-0.2, 0) is 0 Å². The molecule has 1 aromatic rings. The number of carbonyl (C=O) groups is 1. The molecule has 0 spiro atoms. The third-order valence-electron chi connectivity index (χ3n) is 3.43. The topological polar surface area (TPSA) is 45.2 Å². The molecular formula is C13H20FN3O. The Morgan fingerprint density at radius 2 is 2.17 bits per heavy atom. The van der Waals surface area contributed by atoms with Gasteiger partial charge in [-0.2, -0.15) is 0 Å². The van der Waals surface area contributed by atoms with Gasteiger partial charge in [-0.05, 0) is 26.3 Å². The lowest BCUT2D eigenvalue weighted by atomic mass is 9.99. The predicted octanol–water partition coefficient (Wildman–Crippen LogP) is 2.52. The second kappa shape index (κ2) is 5.33. The van der Waals surface area contributed by atoms with Gasteiger partial charge in [0, 0.05) is 25.8 Å². The summed E-state index contributed by atoms with van der Waals surface area (Å²) in [5.41, 5.74) is -0.273. The zero-order valence-corrected chi connectivity index (χ0v) is 11.5. The molecule has 0 fully saturated rings. The van der Waals surface area contributed by atoms with Gasteiger partial charge in [0.2, 0.25) is 0 Å². The Labute approximate surface area is 107 Å². The number of rotatable bonds is 4. The number of hydrogen-bond acceptors (Lipinski definition) is 3. The minimum absolute atomic E-state index is 0.0402. The van der Waals surface area contributed by atoms with Crippen molar-refractivity contribution >= 4 is 11.7 Å². The number of anilines is 1. The third kappa shape index (κ3) is 2.60. The first-order valence-electron chi connectivity index (χ1n) is 5.95. The van der Waals surface area contributed by atoms with Crippen molar-refractivity contribution in [3.8, 4) is 0 Å². The molecule has 0 unspecified atom stereocenters. The van der Waals surface area contributed by atoms with E-state index < -0.39 is 5.82 Å². The van der Waals surface area contributed by atoms with E-state index in [1.807, 2.05) is 20.8 Å². The van der Waals surface area contributed by atoms with Gasteiger partial charge in [-0.1, -0.05) is 6.92 Å². The molecule has 18 heavy (non-hydrogen) atoms.